The summed E-state index contributed by atoms with van der Waals surface area (Å²) < 4.78 is 11.5. The van der Waals surface area contributed by atoms with Crippen molar-refractivity contribution in [1.29, 1.82) is 0 Å². The summed E-state index contributed by atoms with van der Waals surface area (Å²) in [4.78, 5) is 28.4. The van der Waals surface area contributed by atoms with Crippen LogP contribution in [-0.4, -0.2) is 41.9 Å². The molecule has 2 heterocycles. The number of amides is 1. The molecule has 7 heteroatoms. The SMILES string of the molecule is O=C(O)[C@@H]1c2ccccc2C(=O)N(c2ccc3c(c2)CC[C@@H](CO)C3)[C@H]1c1ccc2c(c1)OCCO2. The Balaban J connectivity index is 1.51. The largest absolute Gasteiger partial charge is 0.486 e. The van der Waals surface area contributed by atoms with E-state index in [1.807, 2.05) is 24.3 Å². The number of carboxylic acid groups (broad SMARTS) is 1. The zero-order valence-corrected chi connectivity index (χ0v) is 19.7. The van der Waals surface area contributed by atoms with Crippen LogP contribution in [0, 0.1) is 5.92 Å². The number of aliphatic hydroxyl groups is 1. The standard InChI is InChI=1S/C29H27NO6/c31-16-17-5-6-19-14-21(9-7-18(19)13-17)30-27(20-8-10-24-25(15-20)36-12-11-35-24)26(29(33)34)22-3-1-2-4-23(22)28(30)32/h1-4,7-10,14-15,17,26-27,31H,5-6,11-13,16H2,(H,33,34)/t17-,26-,27+/m1/s1. The highest BCUT2D eigenvalue weighted by molar-refractivity contribution is 6.11. The first-order valence-electron chi connectivity index (χ1n) is 12.3. The highest BCUT2D eigenvalue weighted by Gasteiger charge is 2.45. The maximum Gasteiger partial charge on any atom is 0.313 e. The molecule has 1 amide bonds. The number of fused-ring (bicyclic) bond motifs is 3. The molecule has 0 saturated carbocycles. The van der Waals surface area contributed by atoms with Gasteiger partial charge in [-0.05, 0) is 77.8 Å². The minimum atomic E-state index is -0.997. The third kappa shape index (κ3) is 3.71. The molecular formula is C29H27NO6. The number of benzene rings is 3. The topological polar surface area (TPSA) is 96.3 Å². The van der Waals surface area contributed by atoms with Gasteiger partial charge in [0.15, 0.2) is 11.5 Å². The molecule has 2 aliphatic heterocycles. The minimum Gasteiger partial charge on any atom is -0.486 e. The Labute approximate surface area is 208 Å². The fourth-order valence-electron chi connectivity index (χ4n) is 5.79. The highest BCUT2D eigenvalue weighted by Crippen LogP contribution is 2.47. The van der Waals surface area contributed by atoms with Crippen LogP contribution in [0.1, 0.15) is 51.0 Å². The van der Waals surface area contributed by atoms with Crippen LogP contribution < -0.4 is 14.4 Å². The number of hydrogen-bond donors (Lipinski definition) is 2. The number of ether oxygens (including phenoxy) is 2. The Morgan fingerprint density at radius 3 is 2.58 bits per heavy atom. The van der Waals surface area contributed by atoms with Gasteiger partial charge in [-0.15, -0.1) is 0 Å². The number of aliphatic carboxylic acids is 1. The Bertz CT molecular complexity index is 1350. The number of carbonyl (C=O) groups excluding carboxylic acids is 1. The second-order valence-corrected chi connectivity index (χ2v) is 9.67. The van der Waals surface area contributed by atoms with Gasteiger partial charge in [0.05, 0.1) is 6.04 Å². The third-order valence-electron chi connectivity index (χ3n) is 7.57. The van der Waals surface area contributed by atoms with Gasteiger partial charge < -0.3 is 19.7 Å². The predicted molar refractivity (Wildman–Crippen MR) is 133 cm³/mol. The van der Waals surface area contributed by atoms with Crippen molar-refractivity contribution < 1.29 is 29.3 Å². The first-order valence-corrected chi connectivity index (χ1v) is 12.3. The normalized spacial score (nSPS) is 22.5. The van der Waals surface area contributed by atoms with Crippen molar-refractivity contribution in [1.82, 2.24) is 0 Å². The lowest BCUT2D eigenvalue weighted by Crippen LogP contribution is -2.45. The van der Waals surface area contributed by atoms with Gasteiger partial charge in [0.25, 0.3) is 5.91 Å². The molecule has 3 aliphatic rings. The molecule has 0 bridgehead atoms. The van der Waals surface area contributed by atoms with E-state index in [0.717, 1.165) is 24.8 Å². The van der Waals surface area contributed by atoms with E-state index in [1.54, 1.807) is 41.3 Å². The lowest BCUT2D eigenvalue weighted by molar-refractivity contribution is -0.139. The van der Waals surface area contributed by atoms with Crippen molar-refractivity contribution in [2.75, 3.05) is 24.7 Å². The molecule has 3 aromatic carbocycles. The molecule has 1 aliphatic carbocycles. The number of nitrogens with zero attached hydrogens (tertiary/aromatic N) is 1. The molecule has 7 nitrogen and oxygen atoms in total. The van der Waals surface area contributed by atoms with Crippen LogP contribution in [-0.2, 0) is 17.6 Å². The Hall–Kier alpha value is -3.84. The average Bonchev–Trinajstić information content (AvgIpc) is 2.92. The van der Waals surface area contributed by atoms with E-state index in [1.165, 1.54) is 5.56 Å². The third-order valence-corrected chi connectivity index (χ3v) is 7.57. The second kappa shape index (κ2) is 8.99. The number of rotatable bonds is 4. The molecule has 3 aromatic rings. The first-order chi connectivity index (χ1) is 17.5. The molecule has 184 valence electrons. The van der Waals surface area contributed by atoms with Crippen LogP contribution in [0.3, 0.4) is 0 Å². The Morgan fingerprint density at radius 2 is 1.78 bits per heavy atom. The molecule has 2 N–H and O–H groups in total. The van der Waals surface area contributed by atoms with E-state index in [9.17, 15) is 19.8 Å². The van der Waals surface area contributed by atoms with Crippen molar-refractivity contribution >= 4 is 17.6 Å². The fraction of sp³-hybridized carbons (Fsp3) is 0.310. The minimum absolute atomic E-state index is 0.162. The smallest absolute Gasteiger partial charge is 0.313 e. The van der Waals surface area contributed by atoms with Crippen LogP contribution in [0.5, 0.6) is 11.5 Å². The van der Waals surface area contributed by atoms with Gasteiger partial charge in [-0.1, -0.05) is 30.3 Å². The van der Waals surface area contributed by atoms with E-state index in [0.29, 0.717) is 47.1 Å². The van der Waals surface area contributed by atoms with Crippen LogP contribution in [0.2, 0.25) is 0 Å². The molecule has 6 rings (SSSR count). The van der Waals surface area contributed by atoms with Crippen molar-refractivity contribution in [3.63, 3.8) is 0 Å². The lowest BCUT2D eigenvalue weighted by Gasteiger charge is -2.41. The van der Waals surface area contributed by atoms with Crippen LogP contribution in [0.25, 0.3) is 0 Å². The van der Waals surface area contributed by atoms with Gasteiger partial charge in [-0.2, -0.15) is 0 Å². The van der Waals surface area contributed by atoms with Crippen molar-refractivity contribution in [3.05, 3.63) is 88.5 Å². The lowest BCUT2D eigenvalue weighted by atomic mass is 9.79. The van der Waals surface area contributed by atoms with Crippen molar-refractivity contribution in [3.8, 4) is 11.5 Å². The van der Waals surface area contributed by atoms with Gasteiger partial charge in [0.2, 0.25) is 0 Å². The number of hydrogen-bond acceptors (Lipinski definition) is 5. The molecule has 0 unspecified atom stereocenters. The molecular weight excluding hydrogens is 458 g/mol. The van der Waals surface area contributed by atoms with Crippen molar-refractivity contribution in [2.45, 2.75) is 31.2 Å². The molecule has 0 spiro atoms. The van der Waals surface area contributed by atoms with E-state index in [2.05, 4.69) is 0 Å². The van der Waals surface area contributed by atoms with Crippen LogP contribution in [0.4, 0.5) is 5.69 Å². The van der Waals surface area contributed by atoms with E-state index in [-0.39, 0.29) is 18.4 Å². The zero-order valence-electron chi connectivity index (χ0n) is 19.7. The summed E-state index contributed by atoms with van der Waals surface area (Å²) in [6.45, 7) is 1.03. The number of aliphatic hydroxyl groups excluding tert-OH is 1. The molecule has 0 fully saturated rings. The molecule has 0 saturated heterocycles. The van der Waals surface area contributed by atoms with Crippen molar-refractivity contribution in [2.24, 2.45) is 5.92 Å². The monoisotopic (exact) mass is 485 g/mol. The second-order valence-electron chi connectivity index (χ2n) is 9.67. The molecule has 0 aromatic heterocycles. The molecule has 0 radical (unpaired) electrons. The number of anilines is 1. The van der Waals surface area contributed by atoms with Gasteiger partial charge in [0, 0.05) is 17.9 Å². The summed E-state index contributed by atoms with van der Waals surface area (Å²) in [7, 11) is 0. The van der Waals surface area contributed by atoms with Crippen LogP contribution >= 0.6 is 0 Å². The number of aryl methyl sites for hydroxylation is 1. The molecule has 36 heavy (non-hydrogen) atoms. The van der Waals surface area contributed by atoms with Gasteiger partial charge in [-0.3, -0.25) is 14.5 Å². The number of carboxylic acids is 1. The quantitative estimate of drug-likeness (QED) is 0.577. The summed E-state index contributed by atoms with van der Waals surface area (Å²) >= 11 is 0. The highest BCUT2D eigenvalue weighted by atomic mass is 16.6. The number of carbonyl (C=O) groups is 2. The summed E-state index contributed by atoms with van der Waals surface area (Å²) in [6, 6.07) is 17.5. The Morgan fingerprint density at radius 1 is 0.972 bits per heavy atom. The molecule has 3 atom stereocenters. The maximum absolute atomic E-state index is 14.0. The predicted octanol–water partition coefficient (Wildman–Crippen LogP) is 4.12. The summed E-state index contributed by atoms with van der Waals surface area (Å²) in [5, 5.41) is 20.0. The van der Waals surface area contributed by atoms with E-state index < -0.39 is 17.9 Å². The average molecular weight is 486 g/mol. The maximum atomic E-state index is 14.0. The Kier molecular flexibility index (Phi) is 5.64. The fourth-order valence-corrected chi connectivity index (χ4v) is 5.79. The summed E-state index contributed by atoms with van der Waals surface area (Å²) in [5.74, 6) is -0.784. The first kappa shape index (κ1) is 22.6. The van der Waals surface area contributed by atoms with E-state index in [4.69, 9.17) is 9.47 Å². The zero-order chi connectivity index (χ0) is 24.8. The van der Waals surface area contributed by atoms with Gasteiger partial charge >= 0.3 is 5.97 Å². The van der Waals surface area contributed by atoms with Gasteiger partial charge in [0.1, 0.15) is 19.1 Å². The van der Waals surface area contributed by atoms with E-state index >= 15 is 0 Å². The summed E-state index contributed by atoms with van der Waals surface area (Å²) in [5.41, 5.74) is 4.55. The summed E-state index contributed by atoms with van der Waals surface area (Å²) in [6.07, 6.45) is 2.49. The van der Waals surface area contributed by atoms with Gasteiger partial charge in [-0.25, -0.2) is 0 Å². The van der Waals surface area contributed by atoms with Crippen LogP contribution in [0.15, 0.2) is 60.7 Å².